The zero-order valence-electron chi connectivity index (χ0n) is 14.7. The number of nitrogens with one attached hydrogen (secondary N) is 1. The lowest BCUT2D eigenvalue weighted by atomic mass is 10.2. The van der Waals surface area contributed by atoms with Gasteiger partial charge in [-0.2, -0.15) is 0 Å². The molecule has 1 amide bonds. The molecule has 0 unspecified atom stereocenters. The van der Waals surface area contributed by atoms with Gasteiger partial charge in [0.05, 0.1) is 35.6 Å². The smallest absolute Gasteiger partial charge is 0.271 e. The second-order valence-electron chi connectivity index (χ2n) is 6.27. The number of carbonyl (C=O) groups excluding carboxylic acids is 1. The van der Waals surface area contributed by atoms with Gasteiger partial charge in [-0.15, -0.1) is 0 Å². The highest BCUT2D eigenvalue weighted by Crippen LogP contribution is 2.29. The predicted molar refractivity (Wildman–Crippen MR) is 105 cm³/mol. The van der Waals surface area contributed by atoms with E-state index in [1.807, 2.05) is 36.4 Å². The summed E-state index contributed by atoms with van der Waals surface area (Å²) in [6, 6.07) is 13.0. The molecule has 3 aromatic rings. The molecule has 2 aromatic carbocycles. The largest absolute Gasteiger partial charge is 0.397 e. The number of nitrogens with zero attached hydrogens (tertiary/aromatic N) is 3. The summed E-state index contributed by atoms with van der Waals surface area (Å²) in [5.74, 6) is -0.339. The first-order valence-electron chi connectivity index (χ1n) is 8.67. The Bertz CT molecular complexity index is 1000. The molecule has 8 nitrogen and oxygen atoms in total. The van der Waals surface area contributed by atoms with Gasteiger partial charge in [0, 0.05) is 18.8 Å². The third kappa shape index (κ3) is 3.47. The number of rotatable bonds is 4. The van der Waals surface area contributed by atoms with E-state index in [1.165, 1.54) is 0 Å². The zero-order chi connectivity index (χ0) is 18.8. The number of carbonyl (C=O) groups is 1. The summed E-state index contributed by atoms with van der Waals surface area (Å²) in [5.41, 5.74) is 15.4. The molecule has 1 fully saturated rings. The van der Waals surface area contributed by atoms with Gasteiger partial charge in [0.2, 0.25) is 0 Å². The Balaban J connectivity index is 1.66. The van der Waals surface area contributed by atoms with Gasteiger partial charge >= 0.3 is 0 Å². The molecule has 0 saturated carbocycles. The topological polar surface area (TPSA) is 119 Å². The van der Waals surface area contributed by atoms with E-state index in [0.717, 1.165) is 18.8 Å². The lowest BCUT2D eigenvalue weighted by molar-refractivity contribution is 0.0996. The molecule has 1 aromatic heterocycles. The number of fused-ring (bicyclic) bond motifs is 1. The summed E-state index contributed by atoms with van der Waals surface area (Å²) in [4.78, 5) is 22.8. The minimum absolute atomic E-state index is 0.0875. The van der Waals surface area contributed by atoms with Gasteiger partial charge in [-0.3, -0.25) is 4.79 Å². The van der Waals surface area contributed by atoms with Crippen LogP contribution in [0, 0.1) is 0 Å². The summed E-state index contributed by atoms with van der Waals surface area (Å²) in [7, 11) is 0. The second kappa shape index (κ2) is 7.08. The van der Waals surface area contributed by atoms with Crippen LogP contribution in [-0.4, -0.2) is 42.2 Å². The third-order valence-electron chi connectivity index (χ3n) is 4.45. The zero-order valence-corrected chi connectivity index (χ0v) is 14.7. The minimum Gasteiger partial charge on any atom is -0.397 e. The average Bonchev–Trinajstić information content (AvgIpc) is 2.68. The van der Waals surface area contributed by atoms with Crippen molar-refractivity contribution in [2.24, 2.45) is 5.73 Å². The van der Waals surface area contributed by atoms with Crippen molar-refractivity contribution in [1.82, 2.24) is 9.97 Å². The molecule has 1 saturated heterocycles. The Hall–Kier alpha value is -3.39. The van der Waals surface area contributed by atoms with Gasteiger partial charge in [-0.05, 0) is 30.3 Å². The number of amides is 1. The highest BCUT2D eigenvalue weighted by atomic mass is 16.5. The van der Waals surface area contributed by atoms with Gasteiger partial charge < -0.3 is 26.4 Å². The molecular formula is C19H20N6O2. The number of nitrogen functional groups attached to an aromatic ring is 1. The normalized spacial score (nSPS) is 14.3. The SMILES string of the molecule is NC(=O)c1nc2ccccc2nc1Nc1ccc(N2CCOCC2)c(N)c1. The minimum atomic E-state index is -0.645. The van der Waals surface area contributed by atoms with E-state index in [1.54, 1.807) is 6.07 Å². The maximum atomic E-state index is 11.8. The first-order valence-corrected chi connectivity index (χ1v) is 8.67. The summed E-state index contributed by atoms with van der Waals surface area (Å²) >= 11 is 0. The molecule has 138 valence electrons. The van der Waals surface area contributed by atoms with E-state index in [0.29, 0.717) is 41.4 Å². The summed E-state index contributed by atoms with van der Waals surface area (Å²) < 4.78 is 5.38. The second-order valence-corrected chi connectivity index (χ2v) is 6.27. The van der Waals surface area contributed by atoms with Crippen LogP contribution >= 0.6 is 0 Å². The summed E-state index contributed by atoms with van der Waals surface area (Å²) in [6.07, 6.45) is 0. The fourth-order valence-electron chi connectivity index (χ4n) is 3.12. The van der Waals surface area contributed by atoms with Crippen molar-refractivity contribution in [3.8, 4) is 0 Å². The van der Waals surface area contributed by atoms with Gasteiger partial charge in [0.1, 0.15) is 0 Å². The van der Waals surface area contributed by atoms with Crippen LogP contribution in [0.1, 0.15) is 10.5 Å². The van der Waals surface area contributed by atoms with Crippen molar-refractivity contribution in [3.05, 3.63) is 48.2 Å². The molecule has 8 heteroatoms. The molecule has 1 aliphatic heterocycles. The highest BCUT2D eigenvalue weighted by molar-refractivity contribution is 5.98. The maximum Gasteiger partial charge on any atom is 0.271 e. The van der Waals surface area contributed by atoms with E-state index < -0.39 is 5.91 Å². The molecule has 27 heavy (non-hydrogen) atoms. The molecule has 4 rings (SSSR count). The van der Waals surface area contributed by atoms with Gasteiger partial charge in [0.15, 0.2) is 11.5 Å². The van der Waals surface area contributed by atoms with Crippen LogP contribution in [0.15, 0.2) is 42.5 Å². The van der Waals surface area contributed by atoms with Crippen LogP contribution in [0.5, 0.6) is 0 Å². The maximum absolute atomic E-state index is 11.8. The quantitative estimate of drug-likeness (QED) is 0.605. The van der Waals surface area contributed by atoms with E-state index in [-0.39, 0.29) is 5.69 Å². The van der Waals surface area contributed by atoms with Crippen LogP contribution in [0.25, 0.3) is 11.0 Å². The fraction of sp³-hybridized carbons (Fsp3) is 0.211. The Labute approximate surface area is 156 Å². The lowest BCUT2D eigenvalue weighted by Gasteiger charge is -2.30. The first kappa shape index (κ1) is 17.0. The van der Waals surface area contributed by atoms with Crippen molar-refractivity contribution in [1.29, 1.82) is 0 Å². The molecule has 0 bridgehead atoms. The molecule has 0 aliphatic carbocycles. The van der Waals surface area contributed by atoms with E-state index >= 15 is 0 Å². The van der Waals surface area contributed by atoms with E-state index in [2.05, 4.69) is 20.2 Å². The van der Waals surface area contributed by atoms with Crippen LogP contribution in [0.3, 0.4) is 0 Å². The molecular weight excluding hydrogens is 344 g/mol. The molecule has 1 aliphatic rings. The molecule has 0 spiro atoms. The number of ether oxygens (including phenoxy) is 1. The van der Waals surface area contributed by atoms with E-state index in [9.17, 15) is 4.79 Å². The highest BCUT2D eigenvalue weighted by Gasteiger charge is 2.16. The van der Waals surface area contributed by atoms with Crippen molar-refractivity contribution in [2.45, 2.75) is 0 Å². The van der Waals surface area contributed by atoms with Crippen LogP contribution in [-0.2, 0) is 4.74 Å². The third-order valence-corrected chi connectivity index (χ3v) is 4.45. The monoisotopic (exact) mass is 364 g/mol. The number of primary amides is 1. The summed E-state index contributed by atoms with van der Waals surface area (Å²) in [6.45, 7) is 2.99. The molecule has 0 atom stereocenters. The Morgan fingerprint density at radius 1 is 1.07 bits per heavy atom. The van der Waals surface area contributed by atoms with Gasteiger partial charge in [0.25, 0.3) is 5.91 Å². The van der Waals surface area contributed by atoms with Gasteiger partial charge in [-0.25, -0.2) is 9.97 Å². The number of nitrogens with two attached hydrogens (primary N) is 2. The standard InChI is InChI=1S/C19H20N6O2/c20-13-11-12(5-6-16(13)25-7-9-27-10-8-25)22-19-17(18(21)26)23-14-3-1-2-4-15(14)24-19/h1-6,11H,7-10,20H2,(H2,21,26)(H,22,24). The molecule has 2 heterocycles. The van der Waals surface area contributed by atoms with Crippen LogP contribution < -0.4 is 21.7 Å². The number of morpholine rings is 1. The number of aromatic nitrogens is 2. The van der Waals surface area contributed by atoms with Crippen molar-refractivity contribution in [2.75, 3.05) is 42.3 Å². The number of hydrogen-bond donors (Lipinski definition) is 3. The lowest BCUT2D eigenvalue weighted by Crippen LogP contribution is -2.36. The first-order chi connectivity index (χ1) is 13.1. The predicted octanol–water partition coefficient (Wildman–Crippen LogP) is 1.89. The Morgan fingerprint density at radius 3 is 2.44 bits per heavy atom. The Morgan fingerprint density at radius 2 is 1.78 bits per heavy atom. The molecule has 5 N–H and O–H groups in total. The average molecular weight is 364 g/mol. The number of para-hydroxylation sites is 2. The van der Waals surface area contributed by atoms with Crippen molar-refractivity contribution >= 4 is 39.8 Å². The number of anilines is 4. The Kier molecular flexibility index (Phi) is 4.47. The molecule has 0 radical (unpaired) electrons. The van der Waals surface area contributed by atoms with Crippen LogP contribution in [0.4, 0.5) is 22.9 Å². The van der Waals surface area contributed by atoms with E-state index in [4.69, 9.17) is 16.2 Å². The van der Waals surface area contributed by atoms with Gasteiger partial charge in [-0.1, -0.05) is 12.1 Å². The number of hydrogen-bond acceptors (Lipinski definition) is 7. The fourth-order valence-corrected chi connectivity index (χ4v) is 3.12. The van der Waals surface area contributed by atoms with Crippen molar-refractivity contribution < 1.29 is 9.53 Å². The summed E-state index contributed by atoms with van der Waals surface area (Å²) in [5, 5.41) is 3.12. The number of benzene rings is 2. The van der Waals surface area contributed by atoms with Crippen LogP contribution in [0.2, 0.25) is 0 Å². The van der Waals surface area contributed by atoms with Crippen molar-refractivity contribution in [3.63, 3.8) is 0 Å².